The summed E-state index contributed by atoms with van der Waals surface area (Å²) >= 11 is 0. The van der Waals surface area contributed by atoms with Crippen molar-refractivity contribution in [3.63, 3.8) is 0 Å². The van der Waals surface area contributed by atoms with E-state index >= 15 is 0 Å². The van der Waals surface area contributed by atoms with Gasteiger partial charge in [0, 0.05) is 6.07 Å². The second-order valence-corrected chi connectivity index (χ2v) is 3.15. The molecule has 0 saturated heterocycles. The molecule has 0 aromatic heterocycles. The minimum Gasteiger partial charge on any atom is -0.493 e. The molecule has 0 bridgehead atoms. The molecule has 0 atom stereocenters. The predicted octanol–water partition coefficient (Wildman–Crippen LogP) is 4.51. The first-order valence-corrected chi connectivity index (χ1v) is 6.19. The first-order chi connectivity index (χ1) is 7.77. The standard InChI is InChI=1S/C10H11FO.2C2H6/c1-7-5-8(11)6-10-9(7)3-2-4-12-10;2*1-2/h5-6H,2-4H2,1H3;2*1-2H3. The van der Waals surface area contributed by atoms with Gasteiger partial charge in [0.25, 0.3) is 0 Å². The second-order valence-electron chi connectivity index (χ2n) is 3.15. The summed E-state index contributed by atoms with van der Waals surface area (Å²) in [6, 6.07) is 3.04. The molecule has 0 saturated carbocycles. The Bertz CT molecular complexity index is 308. The van der Waals surface area contributed by atoms with Crippen LogP contribution in [0.2, 0.25) is 0 Å². The van der Waals surface area contributed by atoms with E-state index in [0.717, 1.165) is 30.8 Å². The van der Waals surface area contributed by atoms with Gasteiger partial charge in [0.1, 0.15) is 11.6 Å². The Labute approximate surface area is 98.6 Å². The lowest BCUT2D eigenvalue weighted by Gasteiger charge is -2.18. The molecule has 0 spiro atoms. The van der Waals surface area contributed by atoms with Gasteiger partial charge < -0.3 is 4.74 Å². The fourth-order valence-corrected chi connectivity index (χ4v) is 1.62. The van der Waals surface area contributed by atoms with Gasteiger partial charge in [-0.2, -0.15) is 0 Å². The second kappa shape index (κ2) is 8.14. The molecule has 2 rings (SSSR count). The van der Waals surface area contributed by atoms with Crippen LogP contribution < -0.4 is 4.74 Å². The molecule has 92 valence electrons. The zero-order chi connectivity index (χ0) is 12.6. The predicted molar refractivity (Wildman–Crippen MR) is 67.6 cm³/mol. The van der Waals surface area contributed by atoms with Crippen molar-refractivity contribution in [3.05, 3.63) is 29.1 Å². The Hall–Kier alpha value is -1.05. The fraction of sp³-hybridized carbons (Fsp3) is 0.571. The van der Waals surface area contributed by atoms with E-state index in [9.17, 15) is 4.39 Å². The van der Waals surface area contributed by atoms with Crippen molar-refractivity contribution in [2.75, 3.05) is 6.61 Å². The monoisotopic (exact) mass is 226 g/mol. The Kier molecular flexibility index (Phi) is 7.61. The number of halogens is 1. The van der Waals surface area contributed by atoms with Crippen LogP contribution in [0.4, 0.5) is 4.39 Å². The van der Waals surface area contributed by atoms with Gasteiger partial charge in [-0.15, -0.1) is 0 Å². The molecular weight excluding hydrogens is 203 g/mol. The van der Waals surface area contributed by atoms with Crippen LogP contribution >= 0.6 is 0 Å². The average molecular weight is 226 g/mol. The van der Waals surface area contributed by atoms with E-state index < -0.39 is 0 Å². The molecule has 0 aliphatic carbocycles. The summed E-state index contributed by atoms with van der Waals surface area (Å²) in [6.45, 7) is 10.6. The largest absolute Gasteiger partial charge is 0.493 e. The Balaban J connectivity index is 0.000000509. The summed E-state index contributed by atoms with van der Waals surface area (Å²) in [4.78, 5) is 0. The number of hydrogen-bond acceptors (Lipinski definition) is 1. The molecule has 1 aromatic carbocycles. The van der Waals surface area contributed by atoms with E-state index in [1.807, 2.05) is 34.6 Å². The molecule has 0 amide bonds. The average Bonchev–Trinajstić information content (AvgIpc) is 2.34. The summed E-state index contributed by atoms with van der Waals surface area (Å²) in [7, 11) is 0. The van der Waals surface area contributed by atoms with Gasteiger partial charge in [-0.25, -0.2) is 4.39 Å². The highest BCUT2D eigenvalue weighted by Gasteiger charge is 2.13. The molecular formula is C14H23FO. The van der Waals surface area contributed by atoms with Gasteiger partial charge >= 0.3 is 0 Å². The highest BCUT2D eigenvalue weighted by atomic mass is 19.1. The van der Waals surface area contributed by atoms with E-state index in [4.69, 9.17) is 4.74 Å². The number of ether oxygens (including phenoxy) is 1. The van der Waals surface area contributed by atoms with Crippen LogP contribution in [0.3, 0.4) is 0 Å². The lowest BCUT2D eigenvalue weighted by Crippen LogP contribution is -2.09. The molecule has 0 unspecified atom stereocenters. The third-order valence-corrected chi connectivity index (χ3v) is 2.23. The molecule has 1 aromatic rings. The zero-order valence-electron chi connectivity index (χ0n) is 11.1. The molecule has 16 heavy (non-hydrogen) atoms. The number of hydrogen-bond donors (Lipinski definition) is 0. The van der Waals surface area contributed by atoms with Crippen LogP contribution in [0, 0.1) is 12.7 Å². The van der Waals surface area contributed by atoms with Crippen molar-refractivity contribution >= 4 is 0 Å². The summed E-state index contributed by atoms with van der Waals surface area (Å²) in [5.74, 6) is 0.534. The molecule has 2 heteroatoms. The summed E-state index contributed by atoms with van der Waals surface area (Å²) in [5, 5.41) is 0. The molecule has 1 aliphatic heterocycles. The van der Waals surface area contributed by atoms with Crippen molar-refractivity contribution in [1.29, 1.82) is 0 Å². The zero-order valence-corrected chi connectivity index (χ0v) is 11.1. The highest BCUT2D eigenvalue weighted by Crippen LogP contribution is 2.28. The van der Waals surface area contributed by atoms with Gasteiger partial charge in [-0.05, 0) is 37.0 Å². The Morgan fingerprint density at radius 3 is 2.38 bits per heavy atom. The Morgan fingerprint density at radius 2 is 1.75 bits per heavy atom. The van der Waals surface area contributed by atoms with Gasteiger partial charge in [-0.3, -0.25) is 0 Å². The summed E-state index contributed by atoms with van der Waals surface area (Å²) in [6.07, 6.45) is 2.06. The van der Waals surface area contributed by atoms with Crippen molar-refractivity contribution in [1.82, 2.24) is 0 Å². The van der Waals surface area contributed by atoms with E-state index in [1.165, 1.54) is 11.6 Å². The number of rotatable bonds is 0. The van der Waals surface area contributed by atoms with Gasteiger partial charge in [-0.1, -0.05) is 27.7 Å². The maximum atomic E-state index is 12.9. The smallest absolute Gasteiger partial charge is 0.127 e. The van der Waals surface area contributed by atoms with Gasteiger partial charge in [0.15, 0.2) is 0 Å². The van der Waals surface area contributed by atoms with Crippen LogP contribution in [0.1, 0.15) is 45.2 Å². The fourth-order valence-electron chi connectivity index (χ4n) is 1.62. The summed E-state index contributed by atoms with van der Waals surface area (Å²) < 4.78 is 18.2. The van der Waals surface area contributed by atoms with Crippen molar-refractivity contribution < 1.29 is 9.13 Å². The maximum Gasteiger partial charge on any atom is 0.127 e. The number of aryl methyl sites for hydroxylation is 1. The maximum absolute atomic E-state index is 12.9. The SMILES string of the molecule is CC.CC.Cc1cc(F)cc2c1CCCO2. The lowest BCUT2D eigenvalue weighted by molar-refractivity contribution is 0.286. The molecule has 1 nitrogen and oxygen atoms in total. The van der Waals surface area contributed by atoms with Crippen LogP contribution in [0.15, 0.2) is 12.1 Å². The minimum atomic E-state index is -0.201. The Morgan fingerprint density at radius 1 is 1.12 bits per heavy atom. The minimum absolute atomic E-state index is 0.201. The number of fused-ring (bicyclic) bond motifs is 1. The molecule has 1 aliphatic rings. The van der Waals surface area contributed by atoms with Crippen molar-refractivity contribution in [3.8, 4) is 5.75 Å². The van der Waals surface area contributed by atoms with Crippen LogP contribution in [-0.2, 0) is 6.42 Å². The van der Waals surface area contributed by atoms with Crippen LogP contribution in [-0.4, -0.2) is 6.61 Å². The number of benzene rings is 1. The van der Waals surface area contributed by atoms with E-state index in [1.54, 1.807) is 6.07 Å². The normalized spacial score (nSPS) is 12.1. The molecule has 0 fully saturated rings. The van der Waals surface area contributed by atoms with Crippen molar-refractivity contribution in [2.45, 2.75) is 47.5 Å². The quantitative estimate of drug-likeness (QED) is 0.632. The highest BCUT2D eigenvalue weighted by molar-refractivity contribution is 5.41. The van der Waals surface area contributed by atoms with E-state index in [-0.39, 0.29) is 5.82 Å². The third-order valence-electron chi connectivity index (χ3n) is 2.23. The van der Waals surface area contributed by atoms with Crippen LogP contribution in [0.5, 0.6) is 5.75 Å². The van der Waals surface area contributed by atoms with Crippen molar-refractivity contribution in [2.24, 2.45) is 0 Å². The first kappa shape index (κ1) is 14.9. The van der Waals surface area contributed by atoms with E-state index in [2.05, 4.69) is 0 Å². The van der Waals surface area contributed by atoms with Crippen LogP contribution in [0.25, 0.3) is 0 Å². The lowest BCUT2D eigenvalue weighted by atomic mass is 10.0. The molecule has 1 heterocycles. The van der Waals surface area contributed by atoms with Gasteiger partial charge in [0.05, 0.1) is 6.61 Å². The first-order valence-electron chi connectivity index (χ1n) is 6.19. The van der Waals surface area contributed by atoms with Gasteiger partial charge in [0.2, 0.25) is 0 Å². The molecule has 0 radical (unpaired) electrons. The van der Waals surface area contributed by atoms with E-state index in [0.29, 0.717) is 0 Å². The topological polar surface area (TPSA) is 9.23 Å². The molecule has 0 N–H and O–H groups in total. The third kappa shape index (κ3) is 3.84. The summed E-state index contributed by atoms with van der Waals surface area (Å²) in [5.41, 5.74) is 2.17.